The lowest BCUT2D eigenvalue weighted by molar-refractivity contribution is 0.568. The second-order valence-corrected chi connectivity index (χ2v) is 6.67. The van der Waals surface area contributed by atoms with E-state index in [0.29, 0.717) is 16.7 Å². The minimum Gasteiger partial charge on any atom is -0.384 e. The molecule has 5 heteroatoms. The van der Waals surface area contributed by atoms with Gasteiger partial charge in [-0.25, -0.2) is 9.97 Å². The fourth-order valence-corrected chi connectivity index (χ4v) is 2.50. The van der Waals surface area contributed by atoms with Crippen molar-refractivity contribution in [3.05, 3.63) is 39.5 Å². The van der Waals surface area contributed by atoms with Crippen LogP contribution in [-0.4, -0.2) is 9.97 Å². The summed E-state index contributed by atoms with van der Waals surface area (Å²) >= 11 is 9.42. The number of nitrogens with zero attached hydrogens (tertiary/aromatic N) is 2. The van der Waals surface area contributed by atoms with Crippen LogP contribution < -0.4 is 5.73 Å². The van der Waals surface area contributed by atoms with Crippen LogP contribution in [0, 0.1) is 0 Å². The zero-order chi connectivity index (χ0) is 14.2. The molecule has 1 aromatic heterocycles. The lowest BCUT2D eigenvalue weighted by atomic mass is 9.92. The molecule has 19 heavy (non-hydrogen) atoms. The highest BCUT2D eigenvalue weighted by atomic mass is 79.9. The number of rotatable bonds is 1. The Hall–Kier alpha value is -1.13. The molecular weight excluding hydrogens is 326 g/mol. The molecule has 0 bridgehead atoms. The Bertz CT molecular complexity index is 621. The summed E-state index contributed by atoms with van der Waals surface area (Å²) in [7, 11) is 0. The Morgan fingerprint density at radius 2 is 1.84 bits per heavy atom. The van der Waals surface area contributed by atoms with Crippen molar-refractivity contribution in [2.75, 3.05) is 5.73 Å². The highest BCUT2D eigenvalue weighted by molar-refractivity contribution is 9.10. The first-order valence-corrected chi connectivity index (χ1v) is 7.05. The molecule has 0 spiro atoms. The van der Waals surface area contributed by atoms with Crippen molar-refractivity contribution < 1.29 is 0 Å². The third-order valence-corrected chi connectivity index (χ3v) is 3.58. The number of halogens is 2. The van der Waals surface area contributed by atoms with Crippen LogP contribution in [-0.2, 0) is 5.41 Å². The average Bonchev–Trinajstić information content (AvgIpc) is 2.26. The monoisotopic (exact) mass is 339 g/mol. The average molecular weight is 341 g/mol. The zero-order valence-electron chi connectivity index (χ0n) is 11.0. The maximum absolute atomic E-state index is 5.94. The van der Waals surface area contributed by atoms with Gasteiger partial charge in [0, 0.05) is 26.5 Å². The van der Waals surface area contributed by atoms with Crippen molar-refractivity contribution in [2.24, 2.45) is 0 Å². The van der Waals surface area contributed by atoms with Gasteiger partial charge in [0.05, 0.1) is 5.69 Å². The quantitative estimate of drug-likeness (QED) is 0.835. The number of hydrogen-bond acceptors (Lipinski definition) is 3. The van der Waals surface area contributed by atoms with Crippen molar-refractivity contribution in [3.8, 4) is 11.4 Å². The number of benzene rings is 1. The van der Waals surface area contributed by atoms with E-state index in [1.165, 1.54) is 0 Å². The molecule has 0 saturated carbocycles. The van der Waals surface area contributed by atoms with Crippen LogP contribution in [0.5, 0.6) is 0 Å². The SMILES string of the molecule is CC(C)(C)c1cc(N)nc(-c2ccc(Cl)cc2Br)n1. The summed E-state index contributed by atoms with van der Waals surface area (Å²) in [4.78, 5) is 8.90. The molecule has 2 N–H and O–H groups in total. The number of nitrogens with two attached hydrogens (primary N) is 1. The van der Waals surface area contributed by atoms with Crippen molar-refractivity contribution in [1.82, 2.24) is 9.97 Å². The van der Waals surface area contributed by atoms with Crippen LogP contribution in [0.3, 0.4) is 0 Å². The van der Waals surface area contributed by atoms with E-state index >= 15 is 0 Å². The molecule has 0 aliphatic rings. The topological polar surface area (TPSA) is 51.8 Å². The molecule has 0 atom stereocenters. The van der Waals surface area contributed by atoms with Gasteiger partial charge in [-0.1, -0.05) is 32.4 Å². The first kappa shape index (κ1) is 14.3. The molecule has 2 aromatic rings. The molecule has 0 amide bonds. The summed E-state index contributed by atoms with van der Waals surface area (Å²) < 4.78 is 0.852. The van der Waals surface area contributed by atoms with Crippen molar-refractivity contribution in [1.29, 1.82) is 0 Å². The lowest BCUT2D eigenvalue weighted by Gasteiger charge is -2.19. The Labute approximate surface area is 126 Å². The molecule has 0 aliphatic heterocycles. The maximum Gasteiger partial charge on any atom is 0.162 e. The zero-order valence-corrected chi connectivity index (χ0v) is 13.4. The van der Waals surface area contributed by atoms with Crippen LogP contribution in [0.1, 0.15) is 26.5 Å². The molecule has 0 aliphatic carbocycles. The molecule has 2 rings (SSSR count). The van der Waals surface area contributed by atoms with Gasteiger partial charge in [-0.3, -0.25) is 0 Å². The summed E-state index contributed by atoms with van der Waals surface area (Å²) in [6.07, 6.45) is 0. The third-order valence-electron chi connectivity index (χ3n) is 2.69. The van der Waals surface area contributed by atoms with E-state index < -0.39 is 0 Å². The van der Waals surface area contributed by atoms with Gasteiger partial charge in [0.2, 0.25) is 0 Å². The second-order valence-electron chi connectivity index (χ2n) is 5.38. The molecular formula is C14H15BrClN3. The Morgan fingerprint density at radius 3 is 2.42 bits per heavy atom. The van der Waals surface area contributed by atoms with E-state index in [-0.39, 0.29) is 5.41 Å². The van der Waals surface area contributed by atoms with Crippen LogP contribution in [0.2, 0.25) is 5.02 Å². The first-order valence-electron chi connectivity index (χ1n) is 5.88. The molecule has 0 saturated heterocycles. The standard InChI is InChI=1S/C14H15BrClN3/c1-14(2,3)11-7-12(17)19-13(18-11)9-5-4-8(16)6-10(9)15/h4-7H,1-3H3,(H2,17,18,19). The van der Waals surface area contributed by atoms with E-state index in [0.717, 1.165) is 15.7 Å². The summed E-state index contributed by atoms with van der Waals surface area (Å²) in [5.74, 6) is 1.07. The van der Waals surface area contributed by atoms with Gasteiger partial charge in [0.25, 0.3) is 0 Å². The smallest absolute Gasteiger partial charge is 0.162 e. The lowest BCUT2D eigenvalue weighted by Crippen LogP contribution is -2.15. The van der Waals surface area contributed by atoms with Gasteiger partial charge in [-0.2, -0.15) is 0 Å². The molecule has 100 valence electrons. The number of nitrogen functional groups attached to an aromatic ring is 1. The van der Waals surface area contributed by atoms with Crippen molar-refractivity contribution in [2.45, 2.75) is 26.2 Å². The Morgan fingerprint density at radius 1 is 1.16 bits per heavy atom. The number of anilines is 1. The summed E-state index contributed by atoms with van der Waals surface area (Å²) in [6, 6.07) is 7.33. The third kappa shape index (κ3) is 3.25. The second kappa shape index (κ2) is 5.10. The largest absolute Gasteiger partial charge is 0.384 e. The van der Waals surface area contributed by atoms with E-state index in [1.54, 1.807) is 0 Å². The highest BCUT2D eigenvalue weighted by Gasteiger charge is 2.18. The van der Waals surface area contributed by atoms with Crippen LogP contribution in [0.4, 0.5) is 5.82 Å². The van der Waals surface area contributed by atoms with Gasteiger partial charge in [0.1, 0.15) is 5.82 Å². The van der Waals surface area contributed by atoms with Crippen molar-refractivity contribution >= 4 is 33.3 Å². The Balaban J connectivity index is 2.59. The molecule has 0 radical (unpaired) electrons. The molecule has 1 aromatic carbocycles. The summed E-state index contributed by atoms with van der Waals surface area (Å²) in [5, 5.41) is 0.663. The van der Waals surface area contributed by atoms with Gasteiger partial charge >= 0.3 is 0 Å². The first-order chi connectivity index (χ1) is 8.77. The molecule has 0 fully saturated rings. The minimum absolute atomic E-state index is 0.0787. The van der Waals surface area contributed by atoms with Crippen LogP contribution in [0.15, 0.2) is 28.7 Å². The van der Waals surface area contributed by atoms with Gasteiger partial charge in [-0.15, -0.1) is 0 Å². The van der Waals surface area contributed by atoms with Crippen molar-refractivity contribution in [3.63, 3.8) is 0 Å². The van der Waals surface area contributed by atoms with E-state index in [4.69, 9.17) is 17.3 Å². The van der Waals surface area contributed by atoms with Crippen LogP contribution in [0.25, 0.3) is 11.4 Å². The fourth-order valence-electron chi connectivity index (χ4n) is 1.64. The van der Waals surface area contributed by atoms with E-state index in [9.17, 15) is 0 Å². The predicted molar refractivity (Wildman–Crippen MR) is 83.3 cm³/mol. The van der Waals surface area contributed by atoms with E-state index in [1.807, 2.05) is 24.3 Å². The normalized spacial score (nSPS) is 11.6. The molecule has 0 unspecified atom stereocenters. The molecule has 3 nitrogen and oxygen atoms in total. The Kier molecular flexibility index (Phi) is 3.83. The fraction of sp³-hybridized carbons (Fsp3) is 0.286. The van der Waals surface area contributed by atoms with E-state index in [2.05, 4.69) is 46.7 Å². The van der Waals surface area contributed by atoms with Crippen LogP contribution >= 0.6 is 27.5 Å². The summed E-state index contributed by atoms with van der Waals surface area (Å²) in [6.45, 7) is 6.28. The van der Waals surface area contributed by atoms with Gasteiger partial charge in [0.15, 0.2) is 5.82 Å². The highest BCUT2D eigenvalue weighted by Crippen LogP contribution is 2.30. The summed E-state index contributed by atoms with van der Waals surface area (Å²) in [5.41, 5.74) is 7.59. The molecule has 1 heterocycles. The maximum atomic E-state index is 5.94. The van der Waals surface area contributed by atoms with Gasteiger partial charge in [-0.05, 0) is 34.1 Å². The van der Waals surface area contributed by atoms with Gasteiger partial charge < -0.3 is 5.73 Å². The minimum atomic E-state index is -0.0787. The predicted octanol–water partition coefficient (Wildman–Crippen LogP) is 4.44. The number of hydrogen-bond donors (Lipinski definition) is 1. The number of aromatic nitrogens is 2.